The zero-order chi connectivity index (χ0) is 16.0. The van der Waals surface area contributed by atoms with Gasteiger partial charge < -0.3 is 5.11 Å². The average molecular weight is 311 g/mol. The summed E-state index contributed by atoms with van der Waals surface area (Å²) in [5.41, 5.74) is -0.937. The largest absolute Gasteiger partial charge is 0.478 e. The molecule has 0 aromatic heterocycles. The first-order valence-electron chi connectivity index (χ1n) is 6.66. The molecule has 0 fully saturated rings. The van der Waals surface area contributed by atoms with Gasteiger partial charge in [0.05, 0.1) is 16.7 Å². The van der Waals surface area contributed by atoms with Crippen LogP contribution < -0.4 is 0 Å². The summed E-state index contributed by atoms with van der Waals surface area (Å²) in [6.45, 7) is 5.35. The summed E-state index contributed by atoms with van der Waals surface area (Å²) in [5, 5.41) is 8.98. The van der Waals surface area contributed by atoms with Crippen molar-refractivity contribution in [1.82, 2.24) is 4.31 Å². The van der Waals surface area contributed by atoms with Gasteiger partial charge >= 0.3 is 5.97 Å². The van der Waals surface area contributed by atoms with E-state index in [9.17, 15) is 18.0 Å². The first kappa shape index (κ1) is 15.5. The van der Waals surface area contributed by atoms with Crippen molar-refractivity contribution >= 4 is 21.9 Å². The van der Waals surface area contributed by atoms with Crippen LogP contribution in [0.5, 0.6) is 0 Å². The van der Waals surface area contributed by atoms with Crippen molar-refractivity contribution in [2.45, 2.75) is 44.0 Å². The van der Waals surface area contributed by atoms with Gasteiger partial charge in [0.2, 0.25) is 0 Å². The number of carbonyl (C=O) groups excluding carboxylic acids is 1. The van der Waals surface area contributed by atoms with Gasteiger partial charge in [0.1, 0.15) is 4.90 Å². The quantitative estimate of drug-likeness (QED) is 0.919. The number of carboxylic acid groups (broad SMARTS) is 1. The number of benzene rings is 1. The Kier molecular flexibility index (Phi) is 3.57. The Morgan fingerprint density at radius 3 is 2.33 bits per heavy atom. The molecule has 7 heteroatoms. The maximum absolute atomic E-state index is 12.6. The summed E-state index contributed by atoms with van der Waals surface area (Å²) in [7, 11) is -4.01. The maximum atomic E-state index is 12.6. The van der Waals surface area contributed by atoms with Gasteiger partial charge in [-0.15, -0.1) is 0 Å². The zero-order valence-electron chi connectivity index (χ0n) is 12.1. The molecule has 1 N–H and O–H groups in total. The topological polar surface area (TPSA) is 91.8 Å². The number of hydrogen-bond acceptors (Lipinski definition) is 4. The second-order valence-electron chi connectivity index (χ2n) is 5.29. The van der Waals surface area contributed by atoms with Crippen LogP contribution in [0.1, 0.15) is 54.3 Å². The Morgan fingerprint density at radius 1 is 1.29 bits per heavy atom. The number of rotatable bonds is 4. The van der Waals surface area contributed by atoms with Crippen LogP contribution in [0.2, 0.25) is 0 Å². The lowest BCUT2D eigenvalue weighted by Gasteiger charge is -2.35. The Morgan fingerprint density at radius 2 is 1.86 bits per heavy atom. The Labute approximate surface area is 123 Å². The van der Waals surface area contributed by atoms with Crippen molar-refractivity contribution in [3.8, 4) is 0 Å². The van der Waals surface area contributed by atoms with Gasteiger partial charge in [-0.05, 0) is 38.0 Å². The van der Waals surface area contributed by atoms with E-state index in [1.165, 1.54) is 12.1 Å². The molecule has 1 amide bonds. The summed E-state index contributed by atoms with van der Waals surface area (Å²) in [6.07, 6.45) is 0.961. The highest BCUT2D eigenvalue weighted by Gasteiger charge is 2.49. The summed E-state index contributed by atoms with van der Waals surface area (Å²) in [4.78, 5) is 23.2. The zero-order valence-corrected chi connectivity index (χ0v) is 12.9. The van der Waals surface area contributed by atoms with Crippen LogP contribution in [0.3, 0.4) is 0 Å². The molecule has 1 heterocycles. The molecule has 2 rings (SSSR count). The van der Waals surface area contributed by atoms with Crippen LogP contribution in [0.4, 0.5) is 0 Å². The van der Waals surface area contributed by atoms with Crippen LogP contribution >= 0.6 is 0 Å². The van der Waals surface area contributed by atoms with Gasteiger partial charge in [-0.1, -0.05) is 13.8 Å². The number of carbonyl (C=O) groups is 2. The van der Waals surface area contributed by atoms with Crippen molar-refractivity contribution in [2.75, 3.05) is 0 Å². The van der Waals surface area contributed by atoms with Gasteiger partial charge in [0, 0.05) is 0 Å². The molecule has 6 nitrogen and oxygen atoms in total. The molecule has 0 saturated carbocycles. The number of fused-ring (bicyclic) bond motifs is 1. The van der Waals surface area contributed by atoms with Crippen molar-refractivity contribution in [3.63, 3.8) is 0 Å². The van der Waals surface area contributed by atoms with Crippen LogP contribution in [0, 0.1) is 0 Å². The molecular weight excluding hydrogens is 294 g/mol. The van der Waals surface area contributed by atoms with E-state index < -0.39 is 27.4 Å². The van der Waals surface area contributed by atoms with E-state index in [0.29, 0.717) is 12.8 Å². The molecular formula is C14H17NO5S. The second-order valence-corrected chi connectivity index (χ2v) is 7.05. The number of sulfonamides is 1. The van der Waals surface area contributed by atoms with Crippen molar-refractivity contribution in [1.29, 1.82) is 0 Å². The minimum absolute atomic E-state index is 0.0353. The molecule has 114 valence electrons. The number of amides is 1. The molecule has 1 aromatic rings. The number of carboxylic acids is 1. The number of hydrogen-bond donors (Lipinski definition) is 1. The Bertz CT molecular complexity index is 719. The fraction of sp³-hybridized carbons (Fsp3) is 0.429. The first-order valence-corrected chi connectivity index (χ1v) is 8.10. The predicted octanol–water partition coefficient (Wildman–Crippen LogP) is 2.11. The molecule has 0 bridgehead atoms. The maximum Gasteiger partial charge on any atom is 0.335 e. The van der Waals surface area contributed by atoms with E-state index in [2.05, 4.69) is 0 Å². The number of nitrogens with zero attached hydrogens (tertiary/aromatic N) is 1. The third-order valence-corrected chi connectivity index (χ3v) is 6.16. The van der Waals surface area contributed by atoms with E-state index in [0.717, 1.165) is 10.4 Å². The van der Waals surface area contributed by atoms with E-state index in [-0.39, 0.29) is 16.0 Å². The summed E-state index contributed by atoms with van der Waals surface area (Å²) in [5.74, 6) is -1.82. The monoisotopic (exact) mass is 311 g/mol. The predicted molar refractivity (Wildman–Crippen MR) is 75.7 cm³/mol. The van der Waals surface area contributed by atoms with E-state index in [1.807, 2.05) is 13.8 Å². The highest BCUT2D eigenvalue weighted by atomic mass is 32.2. The number of aromatic carboxylic acids is 1. The summed E-state index contributed by atoms with van der Waals surface area (Å²) >= 11 is 0. The van der Waals surface area contributed by atoms with Gasteiger partial charge in [-0.25, -0.2) is 17.5 Å². The van der Waals surface area contributed by atoms with Crippen molar-refractivity contribution < 1.29 is 23.1 Å². The van der Waals surface area contributed by atoms with Gasteiger partial charge in [-0.3, -0.25) is 4.79 Å². The minimum atomic E-state index is -4.01. The summed E-state index contributed by atoms with van der Waals surface area (Å²) in [6, 6.07) is 3.56. The SMILES string of the molecule is CCC(C)(CC)N1C(=O)c2ccc(C(=O)O)cc2S1(=O)=O. The van der Waals surface area contributed by atoms with E-state index in [4.69, 9.17) is 5.11 Å². The van der Waals surface area contributed by atoms with E-state index in [1.54, 1.807) is 6.92 Å². The average Bonchev–Trinajstić information content (AvgIpc) is 2.65. The summed E-state index contributed by atoms with van der Waals surface area (Å²) < 4.78 is 26.2. The molecule has 0 saturated heterocycles. The van der Waals surface area contributed by atoms with Crippen LogP contribution in [0.25, 0.3) is 0 Å². The Balaban J connectivity index is 2.68. The van der Waals surface area contributed by atoms with Crippen LogP contribution in [0.15, 0.2) is 23.1 Å². The lowest BCUT2D eigenvalue weighted by Crippen LogP contribution is -2.48. The highest BCUT2D eigenvalue weighted by Crippen LogP contribution is 2.39. The normalized spacial score (nSPS) is 16.9. The molecule has 0 atom stereocenters. The van der Waals surface area contributed by atoms with Crippen molar-refractivity contribution in [2.24, 2.45) is 0 Å². The Hall–Kier alpha value is -1.89. The van der Waals surface area contributed by atoms with Crippen molar-refractivity contribution in [3.05, 3.63) is 29.3 Å². The van der Waals surface area contributed by atoms with Gasteiger partial charge in [-0.2, -0.15) is 0 Å². The lowest BCUT2D eigenvalue weighted by atomic mass is 9.95. The molecule has 0 aliphatic carbocycles. The highest BCUT2D eigenvalue weighted by molar-refractivity contribution is 7.90. The van der Waals surface area contributed by atoms with Gasteiger partial charge in [0.25, 0.3) is 15.9 Å². The smallest absolute Gasteiger partial charge is 0.335 e. The molecule has 0 spiro atoms. The van der Waals surface area contributed by atoms with Gasteiger partial charge in [0.15, 0.2) is 0 Å². The van der Waals surface area contributed by atoms with Crippen LogP contribution in [-0.2, 0) is 10.0 Å². The van der Waals surface area contributed by atoms with Crippen LogP contribution in [-0.4, -0.2) is 35.2 Å². The fourth-order valence-electron chi connectivity index (χ4n) is 2.43. The third kappa shape index (κ3) is 2.12. The first-order chi connectivity index (χ1) is 9.69. The lowest BCUT2D eigenvalue weighted by molar-refractivity contribution is 0.0692. The molecule has 0 radical (unpaired) electrons. The molecule has 1 aromatic carbocycles. The van der Waals surface area contributed by atoms with E-state index >= 15 is 0 Å². The molecule has 0 unspecified atom stereocenters. The molecule has 1 aliphatic heterocycles. The second kappa shape index (κ2) is 4.84. The standard InChI is InChI=1S/C14H17NO5S/c1-4-14(3,5-2)15-12(16)10-7-6-9(13(17)18)8-11(10)21(15,19)20/h6-8H,4-5H2,1-3H3,(H,17,18). The minimum Gasteiger partial charge on any atom is -0.478 e. The molecule has 1 aliphatic rings. The fourth-order valence-corrected chi connectivity index (χ4v) is 4.50. The molecule has 21 heavy (non-hydrogen) atoms. The third-order valence-electron chi connectivity index (χ3n) is 4.18.